The fourth-order valence-electron chi connectivity index (χ4n) is 1.51. The van der Waals surface area contributed by atoms with Crippen molar-refractivity contribution >= 4 is 23.3 Å². The van der Waals surface area contributed by atoms with Crippen LogP contribution in [-0.4, -0.2) is 15.9 Å². The number of nitro benzene ring substituents is 1. The fourth-order valence-corrected chi connectivity index (χ4v) is 1.51. The number of nitro groups is 1. The Labute approximate surface area is 109 Å². The highest BCUT2D eigenvalue weighted by molar-refractivity contribution is 5.77. The number of benzene rings is 2. The zero-order valence-electron chi connectivity index (χ0n) is 9.89. The van der Waals surface area contributed by atoms with Gasteiger partial charge in [0.05, 0.1) is 4.92 Å². The molecule has 0 aliphatic carbocycles. The minimum atomic E-state index is -0.511. The first kappa shape index (κ1) is 12.6. The minimum Gasteiger partial charge on any atom is -0.618 e. The normalized spacial score (nSPS) is 11.3. The van der Waals surface area contributed by atoms with Gasteiger partial charge in [-0.05, 0) is 24.3 Å². The summed E-state index contributed by atoms with van der Waals surface area (Å²) in [6, 6.07) is 12.2. The van der Waals surface area contributed by atoms with Crippen molar-refractivity contribution < 1.29 is 9.66 Å². The Morgan fingerprint density at radius 1 is 0.895 bits per heavy atom. The molecule has 0 saturated heterocycles. The molecule has 0 saturated carbocycles. The molecule has 0 unspecified atom stereocenters. The van der Waals surface area contributed by atoms with Crippen LogP contribution in [0.4, 0.5) is 17.1 Å². The molecule has 0 amide bonds. The maximum atomic E-state index is 11.8. The Bertz CT molecular complexity index is 619. The molecule has 0 aliphatic rings. The molecule has 2 aromatic carbocycles. The van der Waals surface area contributed by atoms with Crippen molar-refractivity contribution in [2.75, 3.05) is 5.73 Å². The summed E-state index contributed by atoms with van der Waals surface area (Å²) in [4.78, 5) is 9.99. The van der Waals surface area contributed by atoms with Crippen LogP contribution in [0.5, 0.6) is 0 Å². The number of anilines is 1. The van der Waals surface area contributed by atoms with Gasteiger partial charge in [-0.3, -0.25) is 10.1 Å². The number of non-ortho nitro benzene ring substituents is 1. The number of hydrogen-bond acceptors (Lipinski definition) is 4. The van der Waals surface area contributed by atoms with Crippen molar-refractivity contribution in [3.63, 3.8) is 0 Å². The van der Waals surface area contributed by atoms with Crippen LogP contribution in [0.3, 0.4) is 0 Å². The Morgan fingerprint density at radius 2 is 1.42 bits per heavy atom. The molecule has 0 aliphatic heterocycles. The highest BCUT2D eigenvalue weighted by Gasteiger charge is 2.07. The van der Waals surface area contributed by atoms with Gasteiger partial charge in [-0.15, -0.1) is 0 Å². The van der Waals surface area contributed by atoms with E-state index in [0.29, 0.717) is 21.7 Å². The van der Waals surface area contributed by atoms with E-state index < -0.39 is 4.92 Å². The van der Waals surface area contributed by atoms with E-state index in [4.69, 9.17) is 5.73 Å². The second-order valence-corrected chi connectivity index (χ2v) is 3.90. The highest BCUT2D eigenvalue weighted by Crippen LogP contribution is 2.17. The molecule has 0 heterocycles. The molecule has 0 bridgehead atoms. The lowest BCUT2D eigenvalue weighted by atomic mass is 10.2. The average Bonchev–Trinajstić information content (AvgIpc) is 2.41. The van der Waals surface area contributed by atoms with E-state index in [1.54, 1.807) is 24.3 Å². The lowest BCUT2D eigenvalue weighted by molar-refractivity contribution is -0.385. The van der Waals surface area contributed by atoms with Crippen LogP contribution >= 0.6 is 0 Å². The number of nitrogens with zero attached hydrogens (tertiary/aromatic N) is 2. The van der Waals surface area contributed by atoms with E-state index in [1.807, 2.05) is 0 Å². The molecule has 2 rings (SSSR count). The Balaban J connectivity index is 2.25. The van der Waals surface area contributed by atoms with Gasteiger partial charge in [0.25, 0.3) is 5.69 Å². The van der Waals surface area contributed by atoms with E-state index in [9.17, 15) is 15.3 Å². The monoisotopic (exact) mass is 257 g/mol. The van der Waals surface area contributed by atoms with Crippen LogP contribution < -0.4 is 5.73 Å². The van der Waals surface area contributed by atoms with Gasteiger partial charge < -0.3 is 10.9 Å². The molecular weight excluding hydrogens is 246 g/mol. The van der Waals surface area contributed by atoms with Crippen molar-refractivity contribution in [1.29, 1.82) is 0 Å². The predicted molar refractivity (Wildman–Crippen MR) is 72.4 cm³/mol. The van der Waals surface area contributed by atoms with Gasteiger partial charge in [0.2, 0.25) is 5.69 Å². The Hall–Kier alpha value is -2.89. The summed E-state index contributed by atoms with van der Waals surface area (Å²) in [5.74, 6) is 0. The van der Waals surface area contributed by atoms with E-state index in [1.165, 1.54) is 30.5 Å². The number of hydrogen-bond donors (Lipinski definition) is 1. The van der Waals surface area contributed by atoms with E-state index in [0.717, 1.165) is 0 Å². The van der Waals surface area contributed by atoms with E-state index in [2.05, 4.69) is 0 Å². The van der Waals surface area contributed by atoms with Crippen LogP contribution in [-0.2, 0) is 0 Å². The number of nitrogens with two attached hydrogens (primary N) is 1. The van der Waals surface area contributed by atoms with Crippen LogP contribution in [0.25, 0.3) is 0 Å². The van der Waals surface area contributed by atoms with E-state index >= 15 is 0 Å². The van der Waals surface area contributed by atoms with E-state index in [-0.39, 0.29) is 5.69 Å². The zero-order valence-corrected chi connectivity index (χ0v) is 9.89. The van der Waals surface area contributed by atoms with Crippen LogP contribution in [0.2, 0.25) is 0 Å². The summed E-state index contributed by atoms with van der Waals surface area (Å²) in [6.45, 7) is 0. The summed E-state index contributed by atoms with van der Waals surface area (Å²) < 4.78 is 0.648. The van der Waals surface area contributed by atoms with Gasteiger partial charge >= 0.3 is 0 Å². The Morgan fingerprint density at radius 3 is 1.95 bits per heavy atom. The first-order chi connectivity index (χ1) is 9.06. The predicted octanol–water partition coefficient (Wildman–Crippen LogP) is 2.44. The molecule has 19 heavy (non-hydrogen) atoms. The second kappa shape index (κ2) is 5.18. The SMILES string of the molecule is Nc1ccc(C=[N+]([O-])c2ccc([N+](=O)[O-])cc2)cc1. The van der Waals surface area contributed by atoms with Gasteiger partial charge in [0, 0.05) is 35.5 Å². The molecule has 2 N–H and O–H groups in total. The van der Waals surface area contributed by atoms with Crippen LogP contribution in [0.15, 0.2) is 48.5 Å². The van der Waals surface area contributed by atoms with Gasteiger partial charge in [0.1, 0.15) is 0 Å². The molecule has 6 nitrogen and oxygen atoms in total. The van der Waals surface area contributed by atoms with Crippen molar-refractivity contribution in [2.24, 2.45) is 0 Å². The smallest absolute Gasteiger partial charge is 0.269 e. The van der Waals surface area contributed by atoms with Gasteiger partial charge in [0.15, 0.2) is 6.21 Å². The number of rotatable bonds is 3. The third kappa shape index (κ3) is 3.06. The molecular formula is C13H11N3O3. The first-order valence-corrected chi connectivity index (χ1v) is 5.47. The standard InChI is InChI=1S/C13H11N3O3/c14-11-3-1-10(2-4-11)9-15(17)12-5-7-13(8-6-12)16(18)19/h1-9H,14H2. The van der Waals surface area contributed by atoms with Gasteiger partial charge in [-0.25, -0.2) is 0 Å². The van der Waals surface area contributed by atoms with Crippen LogP contribution in [0, 0.1) is 15.3 Å². The number of nitrogen functional groups attached to an aromatic ring is 1. The van der Waals surface area contributed by atoms with Crippen molar-refractivity contribution in [1.82, 2.24) is 0 Å². The van der Waals surface area contributed by atoms with Gasteiger partial charge in [-0.2, -0.15) is 4.74 Å². The lowest BCUT2D eigenvalue weighted by Crippen LogP contribution is -1.99. The molecule has 96 valence electrons. The van der Waals surface area contributed by atoms with Crippen molar-refractivity contribution in [3.05, 3.63) is 69.4 Å². The quantitative estimate of drug-likeness (QED) is 0.228. The average molecular weight is 257 g/mol. The summed E-state index contributed by atoms with van der Waals surface area (Å²) in [6.07, 6.45) is 1.38. The van der Waals surface area contributed by atoms with Crippen molar-refractivity contribution in [2.45, 2.75) is 0 Å². The summed E-state index contributed by atoms with van der Waals surface area (Å²) in [5, 5.41) is 22.3. The molecule has 0 fully saturated rings. The third-order valence-electron chi connectivity index (χ3n) is 2.52. The highest BCUT2D eigenvalue weighted by atomic mass is 16.6. The molecule has 0 aromatic heterocycles. The summed E-state index contributed by atoms with van der Waals surface area (Å²) in [7, 11) is 0. The largest absolute Gasteiger partial charge is 0.618 e. The topological polar surface area (TPSA) is 95.2 Å². The van der Waals surface area contributed by atoms with Crippen LogP contribution in [0.1, 0.15) is 5.56 Å². The lowest BCUT2D eigenvalue weighted by Gasteiger charge is -2.02. The summed E-state index contributed by atoms with van der Waals surface area (Å²) >= 11 is 0. The summed E-state index contributed by atoms with van der Waals surface area (Å²) in [5.41, 5.74) is 7.13. The fraction of sp³-hybridized carbons (Fsp3) is 0. The first-order valence-electron chi connectivity index (χ1n) is 5.47. The second-order valence-electron chi connectivity index (χ2n) is 3.90. The van der Waals surface area contributed by atoms with Gasteiger partial charge in [-0.1, -0.05) is 0 Å². The molecule has 0 atom stereocenters. The maximum absolute atomic E-state index is 11.8. The Kier molecular flexibility index (Phi) is 3.42. The molecule has 6 heteroatoms. The zero-order chi connectivity index (χ0) is 13.8. The molecule has 0 radical (unpaired) electrons. The van der Waals surface area contributed by atoms with Crippen molar-refractivity contribution in [3.8, 4) is 0 Å². The minimum absolute atomic E-state index is 0.0513. The molecule has 2 aromatic rings. The molecule has 0 spiro atoms. The maximum Gasteiger partial charge on any atom is 0.269 e. The third-order valence-corrected chi connectivity index (χ3v) is 2.52.